The fraction of sp³-hybridized carbons (Fsp3) is 0.789. The molecule has 0 rings (SSSR count). The third-order valence-corrected chi connectivity index (χ3v) is 4.39. The van der Waals surface area contributed by atoms with Crippen LogP contribution >= 0.6 is 11.8 Å². The quantitative estimate of drug-likeness (QED) is 0.215. The van der Waals surface area contributed by atoms with E-state index in [1.165, 1.54) is 0 Å². The molecule has 11 heteroatoms. The number of thioether (sulfide) groups is 1. The Bertz CT molecular complexity index is 532. The monoisotopic (exact) mass is 449 g/mol. The normalized spacial score (nSPS) is 11.9. The smallest absolute Gasteiger partial charge is 0.326 e. The number of carboxylic acids is 1. The molecular formula is C19H35N3O7S. The number of aliphatic carboxylic acids is 1. The standard InChI is InChI=1S/C19H35N3O7S/c1-14(2)20-8-4-5-17(24)22-15(19(26)27)6-7-16(23)21-9-10-28-11-12-29-13-18(25)30-3/h14-15,20H,4-13H2,1-3H3,(H,21,23)(H,22,24)(H,26,27)/t15-/m0/s1. The van der Waals surface area contributed by atoms with E-state index in [-0.39, 0.29) is 62.6 Å². The molecule has 10 nitrogen and oxygen atoms in total. The summed E-state index contributed by atoms with van der Waals surface area (Å²) in [6, 6.07) is -0.772. The average molecular weight is 450 g/mol. The van der Waals surface area contributed by atoms with Crippen molar-refractivity contribution in [3.63, 3.8) is 0 Å². The van der Waals surface area contributed by atoms with Gasteiger partial charge in [-0.3, -0.25) is 14.4 Å². The Morgan fingerprint density at radius 3 is 2.30 bits per heavy atom. The predicted molar refractivity (Wildman–Crippen MR) is 114 cm³/mol. The molecule has 0 unspecified atom stereocenters. The van der Waals surface area contributed by atoms with Crippen LogP contribution in [0, 0.1) is 0 Å². The first-order valence-electron chi connectivity index (χ1n) is 10.0. The van der Waals surface area contributed by atoms with Crippen LogP contribution in [0.25, 0.3) is 0 Å². The number of hydrogen-bond acceptors (Lipinski definition) is 8. The molecule has 0 fully saturated rings. The number of carbonyl (C=O) groups excluding carboxylic acids is 3. The van der Waals surface area contributed by atoms with Crippen molar-refractivity contribution >= 4 is 34.7 Å². The zero-order valence-electron chi connectivity index (χ0n) is 18.0. The lowest BCUT2D eigenvalue weighted by molar-refractivity contribution is -0.142. The van der Waals surface area contributed by atoms with E-state index in [2.05, 4.69) is 16.0 Å². The highest BCUT2D eigenvalue weighted by Gasteiger charge is 2.20. The van der Waals surface area contributed by atoms with E-state index in [0.29, 0.717) is 25.6 Å². The van der Waals surface area contributed by atoms with Crippen molar-refractivity contribution in [2.24, 2.45) is 0 Å². The van der Waals surface area contributed by atoms with Gasteiger partial charge in [-0.05, 0) is 25.6 Å². The Morgan fingerprint density at radius 2 is 1.67 bits per heavy atom. The average Bonchev–Trinajstić information content (AvgIpc) is 2.69. The van der Waals surface area contributed by atoms with Crippen LogP contribution in [0.15, 0.2) is 0 Å². The first kappa shape index (κ1) is 28.3. The first-order chi connectivity index (χ1) is 14.3. The molecule has 0 aromatic carbocycles. The zero-order chi connectivity index (χ0) is 22.8. The molecule has 0 saturated heterocycles. The maximum absolute atomic E-state index is 11.9. The van der Waals surface area contributed by atoms with Crippen molar-refractivity contribution < 1.29 is 33.8 Å². The summed E-state index contributed by atoms with van der Waals surface area (Å²) in [6.45, 7) is 5.86. The van der Waals surface area contributed by atoms with E-state index in [1.54, 1.807) is 6.26 Å². The van der Waals surface area contributed by atoms with Crippen LogP contribution in [0.5, 0.6) is 0 Å². The largest absolute Gasteiger partial charge is 0.480 e. The summed E-state index contributed by atoms with van der Waals surface area (Å²) in [5.74, 6) is -1.83. The van der Waals surface area contributed by atoms with Crippen LogP contribution in [-0.4, -0.2) is 85.9 Å². The summed E-state index contributed by atoms with van der Waals surface area (Å²) in [5.41, 5.74) is 0. The highest BCUT2D eigenvalue weighted by atomic mass is 32.2. The second-order valence-electron chi connectivity index (χ2n) is 6.80. The minimum Gasteiger partial charge on any atom is -0.480 e. The summed E-state index contributed by atoms with van der Waals surface area (Å²) in [4.78, 5) is 46.0. The molecule has 0 radical (unpaired) electrons. The molecule has 0 aliphatic heterocycles. The van der Waals surface area contributed by atoms with Gasteiger partial charge in [0.15, 0.2) is 0 Å². The van der Waals surface area contributed by atoms with E-state index in [1.807, 2.05) is 13.8 Å². The van der Waals surface area contributed by atoms with Gasteiger partial charge in [0.2, 0.25) is 16.9 Å². The number of amides is 2. The van der Waals surface area contributed by atoms with Gasteiger partial charge in [0.05, 0.1) is 19.8 Å². The molecule has 0 aliphatic carbocycles. The van der Waals surface area contributed by atoms with Crippen LogP contribution in [0.4, 0.5) is 0 Å². The van der Waals surface area contributed by atoms with Crippen LogP contribution in [0.3, 0.4) is 0 Å². The summed E-state index contributed by atoms with van der Waals surface area (Å²) in [7, 11) is 0. The number of carboxylic acid groups (broad SMARTS) is 1. The minimum absolute atomic E-state index is 0.00924. The molecule has 4 N–H and O–H groups in total. The second-order valence-corrected chi connectivity index (χ2v) is 7.66. The lowest BCUT2D eigenvalue weighted by Gasteiger charge is -2.15. The molecule has 2 amide bonds. The second kappa shape index (κ2) is 18.1. The molecule has 0 aromatic rings. The maximum Gasteiger partial charge on any atom is 0.326 e. The van der Waals surface area contributed by atoms with Crippen molar-refractivity contribution in [1.82, 2.24) is 16.0 Å². The van der Waals surface area contributed by atoms with Crippen molar-refractivity contribution in [1.29, 1.82) is 0 Å². The van der Waals surface area contributed by atoms with E-state index >= 15 is 0 Å². The van der Waals surface area contributed by atoms with E-state index < -0.39 is 12.0 Å². The van der Waals surface area contributed by atoms with Gasteiger partial charge in [-0.2, -0.15) is 0 Å². The number of ether oxygens (including phenoxy) is 2. The number of hydrogen-bond donors (Lipinski definition) is 4. The summed E-state index contributed by atoms with van der Waals surface area (Å²) in [5, 5.41) is 17.4. The van der Waals surface area contributed by atoms with Crippen LogP contribution in [-0.2, 0) is 28.7 Å². The third kappa shape index (κ3) is 17.2. The topological polar surface area (TPSA) is 143 Å². The Morgan fingerprint density at radius 1 is 0.967 bits per heavy atom. The summed E-state index contributed by atoms with van der Waals surface area (Å²) in [6.07, 6.45) is 2.50. The first-order valence-corrected chi connectivity index (χ1v) is 11.2. The van der Waals surface area contributed by atoms with Crippen LogP contribution < -0.4 is 16.0 Å². The SMILES string of the molecule is CSC(=O)COCCOCCNC(=O)CC[C@H](NC(=O)CCCNC(C)C)C(=O)O. The highest BCUT2D eigenvalue weighted by Crippen LogP contribution is 2.00. The fourth-order valence-electron chi connectivity index (χ4n) is 2.22. The van der Waals surface area contributed by atoms with Gasteiger partial charge in [0, 0.05) is 25.4 Å². The molecule has 0 aromatic heterocycles. The van der Waals surface area contributed by atoms with Gasteiger partial charge in [-0.15, -0.1) is 0 Å². The van der Waals surface area contributed by atoms with Crippen molar-refractivity contribution in [3.8, 4) is 0 Å². The van der Waals surface area contributed by atoms with Crippen molar-refractivity contribution in [2.75, 3.05) is 45.8 Å². The minimum atomic E-state index is -1.17. The number of carbonyl (C=O) groups is 4. The molecule has 0 bridgehead atoms. The Hall–Kier alpha value is -1.69. The molecule has 30 heavy (non-hydrogen) atoms. The molecule has 0 saturated carbocycles. The van der Waals surface area contributed by atoms with Gasteiger partial charge < -0.3 is 30.5 Å². The molecule has 174 valence electrons. The van der Waals surface area contributed by atoms with E-state index in [0.717, 1.165) is 11.8 Å². The van der Waals surface area contributed by atoms with Gasteiger partial charge in [-0.1, -0.05) is 25.6 Å². The number of nitrogens with one attached hydrogen (secondary N) is 3. The van der Waals surface area contributed by atoms with Crippen molar-refractivity contribution in [3.05, 3.63) is 0 Å². The Kier molecular flexibility index (Phi) is 17.1. The van der Waals surface area contributed by atoms with E-state index in [4.69, 9.17) is 9.47 Å². The van der Waals surface area contributed by atoms with Crippen LogP contribution in [0.2, 0.25) is 0 Å². The van der Waals surface area contributed by atoms with E-state index in [9.17, 15) is 24.3 Å². The third-order valence-electron chi connectivity index (χ3n) is 3.81. The van der Waals surface area contributed by atoms with Gasteiger partial charge in [0.1, 0.15) is 12.6 Å². The maximum atomic E-state index is 11.9. The Balaban J connectivity index is 3.86. The summed E-state index contributed by atoms with van der Waals surface area (Å²) < 4.78 is 10.4. The van der Waals surface area contributed by atoms with Gasteiger partial charge >= 0.3 is 5.97 Å². The molecule has 0 heterocycles. The fourth-order valence-corrected chi connectivity index (χ4v) is 2.43. The summed E-state index contributed by atoms with van der Waals surface area (Å²) >= 11 is 1.10. The molecule has 1 atom stereocenters. The zero-order valence-corrected chi connectivity index (χ0v) is 18.8. The van der Waals surface area contributed by atoms with Crippen molar-refractivity contribution in [2.45, 2.75) is 51.6 Å². The molecule has 0 aliphatic rings. The molecule has 0 spiro atoms. The lowest BCUT2D eigenvalue weighted by Crippen LogP contribution is -2.42. The molecular weight excluding hydrogens is 414 g/mol. The highest BCUT2D eigenvalue weighted by molar-refractivity contribution is 8.13. The van der Waals surface area contributed by atoms with Crippen LogP contribution in [0.1, 0.15) is 39.5 Å². The van der Waals surface area contributed by atoms with Gasteiger partial charge in [0.25, 0.3) is 0 Å². The van der Waals surface area contributed by atoms with Gasteiger partial charge in [-0.25, -0.2) is 4.79 Å². The predicted octanol–water partition coefficient (Wildman–Crippen LogP) is 0.153. The number of rotatable bonds is 18. The lowest BCUT2D eigenvalue weighted by atomic mass is 10.1. The Labute approximate surface area is 182 Å².